The summed E-state index contributed by atoms with van der Waals surface area (Å²) in [5, 5.41) is 3.41. The van der Waals surface area contributed by atoms with E-state index in [0.29, 0.717) is 16.3 Å². The molecule has 0 radical (unpaired) electrons. The number of anilines is 1. The first-order chi connectivity index (χ1) is 18.2. The lowest BCUT2D eigenvalue weighted by Gasteiger charge is -2.34. The average Bonchev–Trinajstić information content (AvgIpc) is 2.86. The smallest absolute Gasteiger partial charge is 0.264 e. The van der Waals surface area contributed by atoms with E-state index in [-0.39, 0.29) is 17.3 Å². The fraction of sp³-hybridized carbons (Fsp3) is 0.333. The van der Waals surface area contributed by atoms with Crippen molar-refractivity contribution in [2.45, 2.75) is 64.6 Å². The molecule has 3 aromatic carbocycles. The molecule has 0 aromatic heterocycles. The summed E-state index contributed by atoms with van der Waals surface area (Å²) < 4.78 is 28.9. The van der Waals surface area contributed by atoms with E-state index in [1.807, 2.05) is 45.9 Å². The monoisotopic (exact) mass is 569 g/mol. The normalized spacial score (nSPS) is 12.5. The SMILES string of the molecule is Cc1ccc(C)c(N(CC(=O)N(Cc2cccc(Cl)c2)[C@H](C)C(=O)NC(C)(C)C)S(=O)(=O)c2ccccc2)c1. The van der Waals surface area contributed by atoms with Gasteiger partial charge in [0.2, 0.25) is 11.8 Å². The minimum atomic E-state index is -4.11. The molecule has 0 aliphatic carbocycles. The highest BCUT2D eigenvalue weighted by molar-refractivity contribution is 7.92. The van der Waals surface area contributed by atoms with Crippen LogP contribution in [0.2, 0.25) is 5.02 Å². The molecule has 208 valence electrons. The summed E-state index contributed by atoms with van der Waals surface area (Å²) >= 11 is 6.19. The molecule has 7 nitrogen and oxygen atoms in total. The van der Waals surface area contributed by atoms with Crippen LogP contribution in [0.5, 0.6) is 0 Å². The largest absolute Gasteiger partial charge is 0.350 e. The topological polar surface area (TPSA) is 86.8 Å². The van der Waals surface area contributed by atoms with E-state index in [0.717, 1.165) is 15.4 Å². The molecule has 0 saturated heterocycles. The lowest BCUT2D eigenvalue weighted by molar-refractivity contribution is -0.140. The summed E-state index contributed by atoms with van der Waals surface area (Å²) in [7, 11) is -4.11. The van der Waals surface area contributed by atoms with Crippen molar-refractivity contribution in [1.82, 2.24) is 10.2 Å². The van der Waals surface area contributed by atoms with Crippen LogP contribution < -0.4 is 9.62 Å². The van der Waals surface area contributed by atoms with Crippen molar-refractivity contribution in [1.29, 1.82) is 0 Å². The molecule has 0 spiro atoms. The number of aryl methyl sites for hydroxylation is 2. The number of hydrogen-bond donors (Lipinski definition) is 1. The summed E-state index contributed by atoms with van der Waals surface area (Å²) in [4.78, 5) is 28.6. The molecule has 2 amide bonds. The zero-order valence-corrected chi connectivity index (χ0v) is 24.8. The molecular formula is C30H36ClN3O4S. The molecule has 3 rings (SSSR count). The molecule has 3 aromatic rings. The highest BCUT2D eigenvalue weighted by Gasteiger charge is 2.33. The maximum Gasteiger partial charge on any atom is 0.264 e. The quantitative estimate of drug-likeness (QED) is 0.369. The van der Waals surface area contributed by atoms with E-state index in [9.17, 15) is 18.0 Å². The summed E-state index contributed by atoms with van der Waals surface area (Å²) in [6.07, 6.45) is 0. The van der Waals surface area contributed by atoms with E-state index in [2.05, 4.69) is 5.32 Å². The third-order valence-electron chi connectivity index (χ3n) is 6.15. The van der Waals surface area contributed by atoms with Crippen LogP contribution in [0.4, 0.5) is 5.69 Å². The van der Waals surface area contributed by atoms with Gasteiger partial charge in [-0.05, 0) is 88.6 Å². The second kappa shape index (κ2) is 12.2. The van der Waals surface area contributed by atoms with E-state index in [4.69, 9.17) is 11.6 Å². The van der Waals surface area contributed by atoms with Gasteiger partial charge in [0.15, 0.2) is 0 Å². The first-order valence-electron chi connectivity index (χ1n) is 12.7. The first kappa shape index (κ1) is 30.2. The number of sulfonamides is 1. The van der Waals surface area contributed by atoms with Crippen molar-refractivity contribution in [3.05, 3.63) is 94.5 Å². The number of halogens is 1. The Kier molecular flexibility index (Phi) is 9.46. The standard InChI is InChI=1S/C30H36ClN3O4S/c1-21-15-16-22(2)27(17-21)34(39(37,38)26-13-8-7-9-14-26)20-28(35)33(19-24-11-10-12-25(31)18-24)23(3)29(36)32-30(4,5)6/h7-18,23H,19-20H2,1-6H3,(H,32,36)/t23-/m1/s1. The maximum atomic E-state index is 14.0. The summed E-state index contributed by atoms with van der Waals surface area (Å²) in [5.74, 6) is -0.867. The van der Waals surface area contributed by atoms with E-state index in [1.165, 1.54) is 17.0 Å². The molecule has 0 aliphatic rings. The summed E-state index contributed by atoms with van der Waals surface area (Å²) in [6.45, 7) is 10.5. The number of hydrogen-bond acceptors (Lipinski definition) is 4. The Hall–Kier alpha value is -3.36. The fourth-order valence-electron chi connectivity index (χ4n) is 4.11. The molecule has 39 heavy (non-hydrogen) atoms. The van der Waals surface area contributed by atoms with Crippen molar-refractivity contribution in [3.8, 4) is 0 Å². The Balaban J connectivity index is 2.07. The minimum absolute atomic E-state index is 0.0682. The zero-order chi connectivity index (χ0) is 29.0. The Labute approximate surface area is 236 Å². The van der Waals surface area contributed by atoms with Gasteiger partial charge in [0.25, 0.3) is 10.0 Å². The van der Waals surface area contributed by atoms with Gasteiger partial charge in [0.1, 0.15) is 12.6 Å². The van der Waals surface area contributed by atoms with Crippen LogP contribution in [0, 0.1) is 13.8 Å². The third-order valence-corrected chi connectivity index (χ3v) is 8.16. The van der Waals surface area contributed by atoms with Gasteiger partial charge in [-0.2, -0.15) is 0 Å². The lowest BCUT2D eigenvalue weighted by Crippen LogP contribution is -2.54. The van der Waals surface area contributed by atoms with Crippen LogP contribution in [0.25, 0.3) is 0 Å². The van der Waals surface area contributed by atoms with Crippen LogP contribution >= 0.6 is 11.6 Å². The maximum absolute atomic E-state index is 14.0. The van der Waals surface area contributed by atoms with Gasteiger partial charge in [-0.3, -0.25) is 13.9 Å². The molecule has 1 atom stereocenters. The number of amides is 2. The molecule has 0 fully saturated rings. The van der Waals surface area contributed by atoms with E-state index in [1.54, 1.807) is 56.3 Å². The predicted molar refractivity (Wildman–Crippen MR) is 156 cm³/mol. The molecule has 0 bridgehead atoms. The van der Waals surface area contributed by atoms with Gasteiger partial charge in [-0.1, -0.05) is 54.1 Å². The van der Waals surface area contributed by atoms with Gasteiger partial charge in [0, 0.05) is 17.1 Å². The number of nitrogens with one attached hydrogen (secondary N) is 1. The number of nitrogens with zero attached hydrogens (tertiary/aromatic N) is 2. The van der Waals surface area contributed by atoms with E-state index >= 15 is 0 Å². The van der Waals surface area contributed by atoms with Gasteiger partial charge in [-0.25, -0.2) is 8.42 Å². The lowest BCUT2D eigenvalue weighted by atomic mass is 10.1. The number of carbonyl (C=O) groups is 2. The molecular weight excluding hydrogens is 534 g/mol. The minimum Gasteiger partial charge on any atom is -0.350 e. The summed E-state index contributed by atoms with van der Waals surface area (Å²) in [5.41, 5.74) is 2.16. The second-order valence-corrected chi connectivity index (χ2v) is 13.0. The van der Waals surface area contributed by atoms with Crippen LogP contribution in [0.1, 0.15) is 44.4 Å². The average molecular weight is 570 g/mol. The number of rotatable bonds is 9. The Bertz CT molecular complexity index is 1440. The van der Waals surface area contributed by atoms with Crippen LogP contribution in [0.15, 0.2) is 77.7 Å². The Morgan fingerprint density at radius 2 is 1.62 bits per heavy atom. The van der Waals surface area contributed by atoms with Crippen molar-refractivity contribution >= 4 is 39.1 Å². The Morgan fingerprint density at radius 3 is 2.23 bits per heavy atom. The molecule has 0 heterocycles. The first-order valence-corrected chi connectivity index (χ1v) is 14.5. The van der Waals surface area contributed by atoms with Crippen LogP contribution in [0.3, 0.4) is 0 Å². The third kappa shape index (κ3) is 7.83. The fourth-order valence-corrected chi connectivity index (χ4v) is 5.81. The van der Waals surface area contributed by atoms with E-state index < -0.39 is 34.1 Å². The van der Waals surface area contributed by atoms with Gasteiger partial charge in [0.05, 0.1) is 10.6 Å². The second-order valence-electron chi connectivity index (χ2n) is 10.7. The highest BCUT2D eigenvalue weighted by atomic mass is 35.5. The van der Waals surface area contributed by atoms with Crippen LogP contribution in [-0.4, -0.2) is 43.3 Å². The van der Waals surface area contributed by atoms with Crippen molar-refractivity contribution in [2.75, 3.05) is 10.8 Å². The molecule has 0 unspecified atom stereocenters. The van der Waals surface area contributed by atoms with Gasteiger partial charge < -0.3 is 10.2 Å². The van der Waals surface area contributed by atoms with Crippen molar-refractivity contribution in [3.63, 3.8) is 0 Å². The Morgan fingerprint density at radius 1 is 0.949 bits per heavy atom. The number of benzene rings is 3. The zero-order valence-electron chi connectivity index (χ0n) is 23.2. The molecule has 1 N–H and O–H groups in total. The van der Waals surface area contributed by atoms with Crippen molar-refractivity contribution in [2.24, 2.45) is 0 Å². The molecule has 0 aliphatic heterocycles. The van der Waals surface area contributed by atoms with Crippen molar-refractivity contribution < 1.29 is 18.0 Å². The predicted octanol–water partition coefficient (Wildman–Crippen LogP) is 5.48. The number of carbonyl (C=O) groups excluding carboxylic acids is 2. The summed E-state index contributed by atoms with van der Waals surface area (Å²) in [6, 6.07) is 19.6. The highest BCUT2D eigenvalue weighted by Crippen LogP contribution is 2.28. The van der Waals surface area contributed by atoms with Gasteiger partial charge in [-0.15, -0.1) is 0 Å². The van der Waals surface area contributed by atoms with Crippen LogP contribution in [-0.2, 0) is 26.2 Å². The van der Waals surface area contributed by atoms with Gasteiger partial charge >= 0.3 is 0 Å². The molecule has 9 heteroatoms. The molecule has 0 saturated carbocycles.